The summed E-state index contributed by atoms with van der Waals surface area (Å²) in [6.45, 7) is 1.93. The predicted octanol–water partition coefficient (Wildman–Crippen LogP) is 3.05. The summed E-state index contributed by atoms with van der Waals surface area (Å²) in [6, 6.07) is 11.6. The fourth-order valence-electron chi connectivity index (χ4n) is 2.80. The van der Waals surface area contributed by atoms with E-state index in [2.05, 4.69) is 10.6 Å². The number of amides is 1. The van der Waals surface area contributed by atoms with Gasteiger partial charge in [0.25, 0.3) is 0 Å². The molecule has 1 amide bonds. The summed E-state index contributed by atoms with van der Waals surface area (Å²) in [5.74, 6) is 0.374. The van der Waals surface area contributed by atoms with Crippen molar-refractivity contribution in [2.24, 2.45) is 0 Å². The van der Waals surface area contributed by atoms with Crippen LogP contribution in [0.1, 0.15) is 24.1 Å². The molecule has 0 aromatic heterocycles. The molecule has 0 spiro atoms. The Labute approximate surface area is 134 Å². The summed E-state index contributed by atoms with van der Waals surface area (Å²) >= 11 is 0. The Morgan fingerprint density at radius 3 is 2.96 bits per heavy atom. The van der Waals surface area contributed by atoms with E-state index in [0.29, 0.717) is 6.42 Å². The van der Waals surface area contributed by atoms with Gasteiger partial charge in [-0.15, -0.1) is 0 Å². The number of nitrogens with one attached hydrogen (secondary N) is 2. The molecule has 0 saturated heterocycles. The quantitative estimate of drug-likeness (QED) is 0.912. The molecule has 0 fully saturated rings. The average Bonchev–Trinajstić information content (AvgIpc) is 2.98. The molecule has 0 aliphatic carbocycles. The highest BCUT2D eigenvalue weighted by Crippen LogP contribution is 2.27. The molecule has 2 N–H and O–H groups in total. The molecule has 2 aromatic rings. The molecule has 0 bridgehead atoms. The molecular weight excluding hydrogens is 295 g/mol. The van der Waals surface area contributed by atoms with Crippen LogP contribution in [0.15, 0.2) is 42.5 Å². The molecule has 4 nitrogen and oxygen atoms in total. The van der Waals surface area contributed by atoms with Crippen LogP contribution in [0, 0.1) is 5.82 Å². The van der Waals surface area contributed by atoms with Crippen molar-refractivity contribution >= 4 is 11.6 Å². The first kappa shape index (κ1) is 15.3. The highest BCUT2D eigenvalue weighted by molar-refractivity contribution is 5.87. The minimum absolute atomic E-state index is 0.100. The molecule has 0 saturated carbocycles. The summed E-state index contributed by atoms with van der Waals surface area (Å²) in [4.78, 5) is 12.4. The standard InChI is InChI=1S/C18H19FN2O2/c1-11(12-4-3-5-15(9-12)23-2)20-18(22)17-10-13-8-14(19)6-7-16(13)21-17/h3-9,11,17,21H,10H2,1-2H3,(H,20,22)/t11-,17?/m0/s1. The lowest BCUT2D eigenvalue weighted by molar-refractivity contribution is -0.122. The average molecular weight is 314 g/mol. The van der Waals surface area contributed by atoms with Crippen LogP contribution < -0.4 is 15.4 Å². The van der Waals surface area contributed by atoms with Crippen molar-refractivity contribution in [2.45, 2.75) is 25.4 Å². The molecule has 1 heterocycles. The zero-order valence-electron chi connectivity index (χ0n) is 13.1. The first-order valence-corrected chi connectivity index (χ1v) is 7.56. The smallest absolute Gasteiger partial charge is 0.243 e. The highest BCUT2D eigenvalue weighted by Gasteiger charge is 2.27. The predicted molar refractivity (Wildman–Crippen MR) is 87.1 cm³/mol. The Morgan fingerprint density at radius 1 is 1.35 bits per heavy atom. The fourth-order valence-corrected chi connectivity index (χ4v) is 2.80. The van der Waals surface area contributed by atoms with E-state index >= 15 is 0 Å². The van der Waals surface area contributed by atoms with Gasteiger partial charge in [0.15, 0.2) is 0 Å². The van der Waals surface area contributed by atoms with E-state index in [1.54, 1.807) is 13.2 Å². The largest absolute Gasteiger partial charge is 0.497 e. The summed E-state index contributed by atoms with van der Waals surface area (Å²) < 4.78 is 18.5. The monoisotopic (exact) mass is 314 g/mol. The van der Waals surface area contributed by atoms with E-state index in [1.165, 1.54) is 12.1 Å². The summed E-state index contributed by atoms with van der Waals surface area (Å²) in [6.07, 6.45) is 0.490. The van der Waals surface area contributed by atoms with Crippen LogP contribution in [0.25, 0.3) is 0 Å². The SMILES string of the molecule is COc1cccc([C@H](C)NC(=O)C2Cc3cc(F)ccc3N2)c1. The van der Waals surface area contributed by atoms with E-state index in [9.17, 15) is 9.18 Å². The third-order valence-corrected chi connectivity index (χ3v) is 4.09. The van der Waals surface area contributed by atoms with Gasteiger partial charge < -0.3 is 15.4 Å². The number of carbonyl (C=O) groups excluding carboxylic acids is 1. The molecule has 120 valence electrons. The van der Waals surface area contributed by atoms with Gasteiger partial charge in [0, 0.05) is 12.1 Å². The maximum absolute atomic E-state index is 13.3. The summed E-state index contributed by atoms with van der Waals surface area (Å²) in [5.41, 5.74) is 2.62. The molecule has 1 aliphatic heterocycles. The molecule has 2 atom stereocenters. The van der Waals surface area contributed by atoms with Crippen LogP contribution in [0.2, 0.25) is 0 Å². The first-order chi connectivity index (χ1) is 11.1. The van der Waals surface area contributed by atoms with E-state index in [1.807, 2.05) is 31.2 Å². The number of carbonyl (C=O) groups is 1. The molecular formula is C18H19FN2O2. The number of rotatable bonds is 4. The van der Waals surface area contributed by atoms with Gasteiger partial charge in [-0.1, -0.05) is 12.1 Å². The van der Waals surface area contributed by atoms with Gasteiger partial charge in [0.1, 0.15) is 17.6 Å². The lowest BCUT2D eigenvalue weighted by Crippen LogP contribution is -2.39. The normalized spacial score (nSPS) is 17.1. The third kappa shape index (κ3) is 3.28. The molecule has 0 radical (unpaired) electrons. The fraction of sp³-hybridized carbons (Fsp3) is 0.278. The van der Waals surface area contributed by atoms with E-state index in [0.717, 1.165) is 22.6 Å². The van der Waals surface area contributed by atoms with Crippen molar-refractivity contribution in [1.82, 2.24) is 5.32 Å². The van der Waals surface area contributed by atoms with Crippen molar-refractivity contribution in [3.05, 3.63) is 59.4 Å². The van der Waals surface area contributed by atoms with Crippen molar-refractivity contribution in [3.63, 3.8) is 0 Å². The second-order valence-corrected chi connectivity index (χ2v) is 5.71. The highest BCUT2D eigenvalue weighted by atomic mass is 19.1. The molecule has 2 aromatic carbocycles. The van der Waals surface area contributed by atoms with Crippen molar-refractivity contribution in [2.75, 3.05) is 12.4 Å². The second kappa shape index (κ2) is 6.28. The van der Waals surface area contributed by atoms with Crippen molar-refractivity contribution in [1.29, 1.82) is 0 Å². The lowest BCUT2D eigenvalue weighted by atomic mass is 10.1. The van der Waals surface area contributed by atoms with Crippen LogP contribution in [0.4, 0.5) is 10.1 Å². The Bertz CT molecular complexity index is 733. The van der Waals surface area contributed by atoms with Crippen molar-refractivity contribution in [3.8, 4) is 5.75 Å². The first-order valence-electron chi connectivity index (χ1n) is 7.56. The number of halogens is 1. The Kier molecular flexibility index (Phi) is 4.19. The number of ether oxygens (including phenoxy) is 1. The topological polar surface area (TPSA) is 50.4 Å². The van der Waals surface area contributed by atoms with Gasteiger partial charge in [-0.05, 0) is 48.4 Å². The number of benzene rings is 2. The lowest BCUT2D eigenvalue weighted by Gasteiger charge is -2.18. The minimum Gasteiger partial charge on any atom is -0.497 e. The summed E-state index contributed by atoms with van der Waals surface area (Å²) in [7, 11) is 1.61. The van der Waals surface area contributed by atoms with Gasteiger partial charge in [-0.2, -0.15) is 0 Å². The van der Waals surface area contributed by atoms with Crippen LogP contribution in [0.3, 0.4) is 0 Å². The Morgan fingerprint density at radius 2 is 2.17 bits per heavy atom. The molecule has 5 heteroatoms. The maximum Gasteiger partial charge on any atom is 0.243 e. The third-order valence-electron chi connectivity index (χ3n) is 4.09. The van der Waals surface area contributed by atoms with Gasteiger partial charge in [0.2, 0.25) is 5.91 Å². The molecule has 1 unspecified atom stereocenters. The molecule has 23 heavy (non-hydrogen) atoms. The minimum atomic E-state index is -0.375. The second-order valence-electron chi connectivity index (χ2n) is 5.71. The Balaban J connectivity index is 1.66. The molecule has 1 aliphatic rings. The van der Waals surface area contributed by atoms with E-state index < -0.39 is 0 Å². The molecule has 3 rings (SSSR count). The van der Waals surface area contributed by atoms with Gasteiger partial charge in [-0.3, -0.25) is 4.79 Å². The Hall–Kier alpha value is -2.56. The number of fused-ring (bicyclic) bond motifs is 1. The van der Waals surface area contributed by atoms with Gasteiger partial charge in [-0.25, -0.2) is 4.39 Å². The summed E-state index contributed by atoms with van der Waals surface area (Å²) in [5, 5.41) is 6.13. The van der Waals surface area contributed by atoms with Gasteiger partial charge in [0.05, 0.1) is 13.2 Å². The van der Waals surface area contributed by atoms with Crippen LogP contribution in [-0.2, 0) is 11.2 Å². The van der Waals surface area contributed by atoms with E-state index in [4.69, 9.17) is 4.74 Å². The van der Waals surface area contributed by atoms with Gasteiger partial charge >= 0.3 is 0 Å². The number of methoxy groups -OCH3 is 1. The number of hydrogen-bond acceptors (Lipinski definition) is 3. The van der Waals surface area contributed by atoms with Crippen molar-refractivity contribution < 1.29 is 13.9 Å². The van der Waals surface area contributed by atoms with E-state index in [-0.39, 0.29) is 23.8 Å². The number of anilines is 1. The van der Waals surface area contributed by atoms with Crippen LogP contribution in [0.5, 0.6) is 5.75 Å². The number of hydrogen-bond donors (Lipinski definition) is 2. The zero-order valence-corrected chi connectivity index (χ0v) is 13.1. The van der Waals surface area contributed by atoms with Crippen LogP contribution in [-0.4, -0.2) is 19.1 Å². The maximum atomic E-state index is 13.3. The van der Waals surface area contributed by atoms with Crippen LogP contribution >= 0.6 is 0 Å². The zero-order chi connectivity index (χ0) is 16.4.